The predicted octanol–water partition coefficient (Wildman–Crippen LogP) is 10.5. The van der Waals surface area contributed by atoms with E-state index >= 15 is 0 Å². The van der Waals surface area contributed by atoms with Gasteiger partial charge < -0.3 is 29.7 Å². The van der Waals surface area contributed by atoms with Crippen molar-refractivity contribution in [1.82, 2.24) is 0 Å². The molecule has 0 fully saturated rings. The van der Waals surface area contributed by atoms with Crippen molar-refractivity contribution < 1.29 is 23.3 Å². The Balaban J connectivity index is 0.000000616. The van der Waals surface area contributed by atoms with Gasteiger partial charge >= 0.3 is 30.2 Å². The van der Waals surface area contributed by atoms with Crippen LogP contribution in [0.15, 0.2) is 121 Å². The van der Waals surface area contributed by atoms with Gasteiger partial charge in [0.1, 0.15) is 0 Å². The zero-order valence-electron chi connectivity index (χ0n) is 23.5. The molecular formula is C36H38SiZr-6. The van der Waals surface area contributed by atoms with Crippen molar-refractivity contribution in [2.24, 2.45) is 0 Å². The van der Waals surface area contributed by atoms with Crippen LogP contribution in [-0.2, 0) is 23.3 Å². The number of hydrogen-bond acceptors (Lipinski definition) is 0. The van der Waals surface area contributed by atoms with Gasteiger partial charge in [-0.3, -0.25) is 0 Å². The Morgan fingerprint density at radius 2 is 0.816 bits per heavy atom. The normalized spacial score (nSPS) is 9.18. The van der Waals surface area contributed by atoms with E-state index < -0.39 is 0 Å². The second-order valence-corrected chi connectivity index (χ2v) is 8.41. The van der Waals surface area contributed by atoms with E-state index in [1.54, 1.807) is 0 Å². The van der Waals surface area contributed by atoms with Gasteiger partial charge in [-0.25, -0.2) is 0 Å². The molecule has 0 bridgehead atoms. The predicted molar refractivity (Wildman–Crippen MR) is 171 cm³/mol. The quantitative estimate of drug-likeness (QED) is 0.139. The average molecular weight is 590 g/mol. The summed E-state index contributed by atoms with van der Waals surface area (Å²) in [6, 6.07) is 43.1. The summed E-state index contributed by atoms with van der Waals surface area (Å²) in [5.74, 6) is 0. The van der Waals surface area contributed by atoms with Crippen LogP contribution in [0.3, 0.4) is 0 Å². The third-order valence-corrected chi connectivity index (χ3v) is 5.96. The maximum atomic E-state index is 3.06. The van der Waals surface area contributed by atoms with E-state index in [0.717, 1.165) is 0 Å². The number of aryl methyl sites for hydroxylation is 2. The molecule has 0 aliphatic heterocycles. The van der Waals surface area contributed by atoms with Crippen molar-refractivity contribution in [3.63, 3.8) is 0 Å². The van der Waals surface area contributed by atoms with Crippen LogP contribution in [0.2, 0.25) is 0 Å². The molecule has 0 spiro atoms. The van der Waals surface area contributed by atoms with Crippen LogP contribution in [0.1, 0.15) is 11.1 Å². The molecule has 0 atom stereocenters. The molecule has 0 unspecified atom stereocenters. The van der Waals surface area contributed by atoms with Gasteiger partial charge in [0.2, 0.25) is 0 Å². The van der Waals surface area contributed by atoms with E-state index in [1.165, 1.54) is 78.3 Å². The van der Waals surface area contributed by atoms with Gasteiger partial charge in [-0.2, -0.15) is 12.1 Å². The second-order valence-electron chi connectivity index (χ2n) is 8.41. The van der Waals surface area contributed by atoms with Gasteiger partial charge in [0.05, 0.1) is 0 Å². The van der Waals surface area contributed by atoms with Crippen molar-refractivity contribution in [2.45, 2.75) is 13.8 Å². The van der Waals surface area contributed by atoms with Crippen molar-refractivity contribution in [3.8, 4) is 22.3 Å². The summed E-state index contributed by atoms with van der Waals surface area (Å²) in [6.07, 6.45) is 0. The third-order valence-electron chi connectivity index (χ3n) is 5.96. The molecule has 0 heterocycles. The number of rotatable bonds is 2. The summed E-state index contributed by atoms with van der Waals surface area (Å²) in [4.78, 5) is 0. The second kappa shape index (κ2) is 16.9. The minimum absolute atomic E-state index is 0. The molecule has 6 aromatic carbocycles. The molecule has 6 rings (SSSR count). The average Bonchev–Trinajstić information content (AvgIpc) is 3.47. The first-order valence-electron chi connectivity index (χ1n) is 11.4. The van der Waals surface area contributed by atoms with Crippen LogP contribution in [0.4, 0.5) is 0 Å². The Morgan fingerprint density at radius 1 is 0.474 bits per heavy atom. The standard InChI is InChI=1S/2C16H13.4CH3.Si.Zr/c2*1-12-10-14-8-5-9-15(16(14)11-12)13-6-3-2-4-7-13;;;;;;/h2*2-11H,1H3;4*1H3;;/q6*-1;;. The van der Waals surface area contributed by atoms with Gasteiger partial charge in [0.15, 0.2) is 0 Å². The van der Waals surface area contributed by atoms with Crippen LogP contribution in [0.25, 0.3) is 43.8 Å². The SMILES string of the molecule is Cc1cc2c(-c3ccccc3)cccc2[cH-]1.Cc1cc2c(-c3ccccc3)cccc2[cH-]1.[CH3-].[CH3-].[CH3-].[CH3-].[Si]=[Zr]. The molecule has 196 valence electrons. The number of benzene rings is 4. The summed E-state index contributed by atoms with van der Waals surface area (Å²) in [7, 11) is 0. The Labute approximate surface area is 248 Å². The molecule has 0 nitrogen and oxygen atoms in total. The Morgan fingerprint density at radius 3 is 1.16 bits per heavy atom. The molecule has 38 heavy (non-hydrogen) atoms. The van der Waals surface area contributed by atoms with Crippen molar-refractivity contribution in [2.75, 3.05) is 0 Å². The van der Waals surface area contributed by atoms with Crippen molar-refractivity contribution in [3.05, 3.63) is 162 Å². The van der Waals surface area contributed by atoms with Crippen LogP contribution in [0, 0.1) is 43.6 Å². The van der Waals surface area contributed by atoms with E-state index in [1.807, 2.05) is 0 Å². The van der Waals surface area contributed by atoms with E-state index in [9.17, 15) is 0 Å². The van der Waals surface area contributed by atoms with Gasteiger partial charge in [-0.05, 0) is 11.1 Å². The van der Waals surface area contributed by atoms with E-state index in [0.29, 0.717) is 0 Å². The van der Waals surface area contributed by atoms with Crippen molar-refractivity contribution in [1.29, 1.82) is 0 Å². The summed E-state index contributed by atoms with van der Waals surface area (Å²) >= 11 is 1.36. The first kappa shape index (κ1) is 35.2. The summed E-state index contributed by atoms with van der Waals surface area (Å²) in [5, 5.41) is 5.37. The first-order chi connectivity index (χ1) is 16.7. The van der Waals surface area contributed by atoms with Crippen molar-refractivity contribution >= 4 is 28.4 Å². The topological polar surface area (TPSA) is 0 Å². The number of fused-ring (bicyclic) bond motifs is 2. The first-order valence-corrected chi connectivity index (χ1v) is 15.6. The molecule has 2 radical (unpaired) electrons. The minimum atomic E-state index is 0. The van der Waals surface area contributed by atoms with Crippen LogP contribution in [0.5, 0.6) is 0 Å². The van der Waals surface area contributed by atoms with Crippen LogP contribution >= 0.6 is 0 Å². The Kier molecular flexibility index (Phi) is 15.7. The van der Waals surface area contributed by atoms with E-state index in [2.05, 4.69) is 142 Å². The van der Waals surface area contributed by atoms with E-state index in [4.69, 9.17) is 0 Å². The molecule has 0 aromatic heterocycles. The van der Waals surface area contributed by atoms with Gasteiger partial charge in [0, 0.05) is 0 Å². The zero-order chi connectivity index (χ0) is 23.9. The summed E-state index contributed by atoms with van der Waals surface area (Å²) in [6.45, 7) is 7.36. The van der Waals surface area contributed by atoms with Gasteiger partial charge in [-0.15, -0.1) is 69.1 Å². The fourth-order valence-electron chi connectivity index (χ4n) is 4.51. The summed E-state index contributed by atoms with van der Waals surface area (Å²) < 4.78 is 0. The summed E-state index contributed by atoms with van der Waals surface area (Å²) in [5.41, 5.74) is 7.89. The Bertz CT molecular complexity index is 1380. The zero-order valence-corrected chi connectivity index (χ0v) is 27.0. The van der Waals surface area contributed by atoms with Crippen LogP contribution in [-0.4, -0.2) is 6.88 Å². The molecule has 0 amide bonds. The fraction of sp³-hybridized carbons (Fsp3) is 0.0556. The van der Waals surface area contributed by atoms with Crippen LogP contribution < -0.4 is 0 Å². The maximum absolute atomic E-state index is 3.06. The number of hydrogen-bond donors (Lipinski definition) is 0. The van der Waals surface area contributed by atoms with E-state index in [-0.39, 0.29) is 29.7 Å². The molecule has 0 saturated heterocycles. The molecule has 0 saturated carbocycles. The molecule has 0 aliphatic carbocycles. The van der Waals surface area contributed by atoms with Gasteiger partial charge in [0.25, 0.3) is 0 Å². The fourth-order valence-corrected chi connectivity index (χ4v) is 4.51. The Hall–Kier alpha value is -2.80. The van der Waals surface area contributed by atoms with Gasteiger partial charge in [-0.1, -0.05) is 97.8 Å². The molecule has 0 N–H and O–H groups in total. The monoisotopic (exact) mass is 588 g/mol. The molecule has 0 aliphatic rings. The molecular weight excluding hydrogens is 552 g/mol. The molecule has 6 aromatic rings. The molecule has 2 heteroatoms. The third kappa shape index (κ3) is 8.10.